The van der Waals surface area contributed by atoms with Crippen LogP contribution in [0.4, 0.5) is 0 Å². The third kappa shape index (κ3) is 4.67. The van der Waals surface area contributed by atoms with Gasteiger partial charge in [-0.15, -0.1) is 0 Å². The summed E-state index contributed by atoms with van der Waals surface area (Å²) in [5, 5.41) is 0. The van der Waals surface area contributed by atoms with Gasteiger partial charge in [-0.2, -0.15) is 0 Å². The number of hydrogen-bond acceptors (Lipinski definition) is 3. The molecule has 0 aromatic heterocycles. The molecule has 0 unspecified atom stereocenters. The quantitative estimate of drug-likeness (QED) is 0.858. The molecular weight excluding hydrogens is 284 g/mol. The molecule has 21 heavy (non-hydrogen) atoms. The first kappa shape index (κ1) is 15.7. The van der Waals surface area contributed by atoms with Gasteiger partial charge in [-0.05, 0) is 23.6 Å². The van der Waals surface area contributed by atoms with Crippen LogP contribution in [-0.2, 0) is 28.9 Å². The number of aryl methyl sites for hydroxylation is 1. The Labute approximate surface area is 126 Å². The predicted octanol–water partition coefficient (Wildman–Crippen LogP) is 2.07. The zero-order chi connectivity index (χ0) is 15.3. The Morgan fingerprint density at radius 1 is 1.00 bits per heavy atom. The zero-order valence-corrected chi connectivity index (χ0v) is 12.9. The number of nitrogens with two attached hydrogens (primary N) is 1. The minimum Gasteiger partial charge on any atom is -0.326 e. The van der Waals surface area contributed by atoms with Gasteiger partial charge in [-0.25, -0.2) is 13.1 Å². The summed E-state index contributed by atoms with van der Waals surface area (Å²) in [6, 6.07) is 15.1. The van der Waals surface area contributed by atoms with E-state index in [0.717, 1.165) is 22.3 Å². The van der Waals surface area contributed by atoms with Gasteiger partial charge in [0, 0.05) is 13.1 Å². The summed E-state index contributed by atoms with van der Waals surface area (Å²) < 4.78 is 26.9. The number of benzene rings is 2. The highest BCUT2D eigenvalue weighted by molar-refractivity contribution is 7.88. The summed E-state index contributed by atoms with van der Waals surface area (Å²) in [5.74, 6) is -0.0494. The highest BCUT2D eigenvalue weighted by atomic mass is 32.2. The molecule has 0 atom stereocenters. The molecule has 0 spiro atoms. The molecule has 4 nitrogen and oxygen atoms in total. The Hall–Kier alpha value is -1.69. The number of sulfonamides is 1. The Morgan fingerprint density at radius 3 is 2.24 bits per heavy atom. The van der Waals surface area contributed by atoms with Gasteiger partial charge < -0.3 is 5.73 Å². The summed E-state index contributed by atoms with van der Waals surface area (Å²) in [6.07, 6.45) is 0. The Bertz CT molecular complexity index is 694. The van der Waals surface area contributed by atoms with E-state index in [-0.39, 0.29) is 5.75 Å². The fourth-order valence-electron chi connectivity index (χ4n) is 2.05. The van der Waals surface area contributed by atoms with Gasteiger partial charge in [0.05, 0.1) is 5.75 Å². The molecule has 0 aliphatic carbocycles. The van der Waals surface area contributed by atoms with Crippen molar-refractivity contribution in [3.8, 4) is 0 Å². The number of nitrogens with one attached hydrogen (secondary N) is 1. The monoisotopic (exact) mass is 304 g/mol. The van der Waals surface area contributed by atoms with E-state index in [0.29, 0.717) is 13.1 Å². The van der Waals surface area contributed by atoms with E-state index in [9.17, 15) is 8.42 Å². The maximum absolute atomic E-state index is 12.2. The molecule has 2 rings (SSSR count). The summed E-state index contributed by atoms with van der Waals surface area (Å²) in [6.45, 7) is 2.63. The molecule has 0 radical (unpaired) electrons. The lowest BCUT2D eigenvalue weighted by atomic mass is 10.1. The van der Waals surface area contributed by atoms with Gasteiger partial charge >= 0.3 is 0 Å². The van der Waals surface area contributed by atoms with E-state index in [2.05, 4.69) is 4.72 Å². The van der Waals surface area contributed by atoms with E-state index in [1.165, 1.54) is 0 Å². The van der Waals surface area contributed by atoms with Crippen LogP contribution in [-0.4, -0.2) is 8.42 Å². The molecule has 0 heterocycles. The van der Waals surface area contributed by atoms with Crippen molar-refractivity contribution < 1.29 is 8.42 Å². The summed E-state index contributed by atoms with van der Waals surface area (Å²) >= 11 is 0. The van der Waals surface area contributed by atoms with Crippen LogP contribution in [0.15, 0.2) is 48.5 Å². The first-order valence-electron chi connectivity index (χ1n) is 6.80. The Kier molecular flexibility index (Phi) is 5.12. The van der Waals surface area contributed by atoms with Crippen molar-refractivity contribution in [2.75, 3.05) is 0 Å². The van der Waals surface area contributed by atoms with Crippen LogP contribution in [0, 0.1) is 6.92 Å². The number of hydrogen-bond donors (Lipinski definition) is 2. The van der Waals surface area contributed by atoms with Gasteiger partial charge in [-0.3, -0.25) is 0 Å². The van der Waals surface area contributed by atoms with E-state index >= 15 is 0 Å². The van der Waals surface area contributed by atoms with Crippen molar-refractivity contribution in [2.24, 2.45) is 5.73 Å². The average Bonchev–Trinajstić information content (AvgIpc) is 2.47. The summed E-state index contributed by atoms with van der Waals surface area (Å²) in [5.41, 5.74) is 9.33. The molecular formula is C16H20N2O2S. The van der Waals surface area contributed by atoms with Crippen LogP contribution >= 0.6 is 0 Å². The Morgan fingerprint density at radius 2 is 1.62 bits per heavy atom. The molecule has 0 saturated carbocycles. The fraction of sp³-hybridized carbons (Fsp3) is 0.250. The lowest BCUT2D eigenvalue weighted by molar-refractivity contribution is 0.580. The molecule has 2 aromatic carbocycles. The highest BCUT2D eigenvalue weighted by Crippen LogP contribution is 2.12. The second-order valence-corrected chi connectivity index (χ2v) is 6.85. The SMILES string of the molecule is Cc1ccc(CNS(=O)(=O)Cc2ccccc2CN)cc1. The third-order valence-corrected chi connectivity index (χ3v) is 4.58. The van der Waals surface area contributed by atoms with Crippen molar-refractivity contribution in [1.82, 2.24) is 4.72 Å². The average molecular weight is 304 g/mol. The van der Waals surface area contributed by atoms with E-state index in [4.69, 9.17) is 5.73 Å². The second kappa shape index (κ2) is 6.85. The first-order chi connectivity index (χ1) is 10.00. The van der Waals surface area contributed by atoms with Gasteiger partial charge in [0.2, 0.25) is 10.0 Å². The van der Waals surface area contributed by atoms with Crippen LogP contribution in [0.1, 0.15) is 22.3 Å². The van der Waals surface area contributed by atoms with Gasteiger partial charge in [0.25, 0.3) is 0 Å². The molecule has 0 fully saturated rings. The predicted molar refractivity (Wildman–Crippen MR) is 85.0 cm³/mol. The Balaban J connectivity index is 2.03. The molecule has 112 valence electrons. The fourth-order valence-corrected chi connectivity index (χ4v) is 3.23. The molecule has 0 amide bonds. The van der Waals surface area contributed by atoms with Crippen molar-refractivity contribution in [1.29, 1.82) is 0 Å². The minimum atomic E-state index is -3.38. The topological polar surface area (TPSA) is 72.2 Å². The van der Waals surface area contributed by atoms with Crippen LogP contribution in [0.2, 0.25) is 0 Å². The van der Waals surface area contributed by atoms with Crippen molar-refractivity contribution >= 4 is 10.0 Å². The third-order valence-electron chi connectivity index (χ3n) is 3.30. The summed E-state index contributed by atoms with van der Waals surface area (Å²) in [4.78, 5) is 0. The maximum atomic E-state index is 12.2. The van der Waals surface area contributed by atoms with E-state index in [1.54, 1.807) is 6.07 Å². The molecule has 0 aliphatic rings. The highest BCUT2D eigenvalue weighted by Gasteiger charge is 2.13. The minimum absolute atomic E-state index is 0.0494. The first-order valence-corrected chi connectivity index (χ1v) is 8.45. The van der Waals surface area contributed by atoms with E-state index in [1.807, 2.05) is 49.4 Å². The zero-order valence-electron chi connectivity index (χ0n) is 12.0. The summed E-state index contributed by atoms with van der Waals surface area (Å²) in [7, 11) is -3.38. The standard InChI is InChI=1S/C16H20N2O2S/c1-13-6-8-14(9-7-13)11-18-21(19,20)12-16-5-3-2-4-15(16)10-17/h2-9,18H,10-12,17H2,1H3. The lowest BCUT2D eigenvalue weighted by Crippen LogP contribution is -2.25. The van der Waals surface area contributed by atoms with Crippen LogP contribution < -0.4 is 10.5 Å². The smallest absolute Gasteiger partial charge is 0.216 e. The van der Waals surface area contributed by atoms with Gasteiger partial charge in [0.15, 0.2) is 0 Å². The maximum Gasteiger partial charge on any atom is 0.216 e. The molecule has 0 bridgehead atoms. The largest absolute Gasteiger partial charge is 0.326 e. The lowest BCUT2D eigenvalue weighted by Gasteiger charge is -2.10. The van der Waals surface area contributed by atoms with Crippen molar-refractivity contribution in [3.05, 3.63) is 70.8 Å². The molecule has 2 aromatic rings. The van der Waals surface area contributed by atoms with Crippen LogP contribution in [0.5, 0.6) is 0 Å². The second-order valence-electron chi connectivity index (χ2n) is 5.04. The molecule has 5 heteroatoms. The van der Waals surface area contributed by atoms with Crippen LogP contribution in [0.25, 0.3) is 0 Å². The normalized spacial score (nSPS) is 11.5. The van der Waals surface area contributed by atoms with Gasteiger partial charge in [0.1, 0.15) is 0 Å². The van der Waals surface area contributed by atoms with Gasteiger partial charge in [-0.1, -0.05) is 54.1 Å². The van der Waals surface area contributed by atoms with Crippen molar-refractivity contribution in [2.45, 2.75) is 25.8 Å². The van der Waals surface area contributed by atoms with Crippen LogP contribution in [0.3, 0.4) is 0 Å². The molecule has 3 N–H and O–H groups in total. The van der Waals surface area contributed by atoms with E-state index < -0.39 is 10.0 Å². The number of rotatable bonds is 6. The van der Waals surface area contributed by atoms with Crippen molar-refractivity contribution in [3.63, 3.8) is 0 Å². The molecule has 0 saturated heterocycles. The molecule has 0 aliphatic heterocycles.